The second-order valence-electron chi connectivity index (χ2n) is 8.28. The van der Waals surface area contributed by atoms with Crippen molar-refractivity contribution in [2.24, 2.45) is 0 Å². The van der Waals surface area contributed by atoms with Crippen LogP contribution >= 0.6 is 0 Å². The zero-order valence-electron chi connectivity index (χ0n) is 21.0. The van der Waals surface area contributed by atoms with Gasteiger partial charge in [0.25, 0.3) is 5.91 Å². The molecule has 0 fully saturated rings. The predicted molar refractivity (Wildman–Crippen MR) is 144 cm³/mol. The molecule has 3 aromatic carbocycles. The van der Waals surface area contributed by atoms with Crippen LogP contribution in [0.25, 0.3) is 0 Å². The van der Waals surface area contributed by atoms with E-state index in [1.54, 1.807) is 24.3 Å². The number of carbonyl (C=O) groups is 2. The van der Waals surface area contributed by atoms with Gasteiger partial charge in [-0.3, -0.25) is 9.59 Å². The Morgan fingerprint density at radius 2 is 1.42 bits per heavy atom. The first-order valence-corrected chi connectivity index (χ1v) is 12.4. The Labute approximate surface area is 213 Å². The monoisotopic (exact) mass is 489 g/mol. The zero-order valence-corrected chi connectivity index (χ0v) is 21.0. The minimum atomic E-state index is -0.199. The molecule has 3 rings (SSSR count). The van der Waals surface area contributed by atoms with Gasteiger partial charge in [0, 0.05) is 24.3 Å². The highest BCUT2D eigenvalue weighted by Gasteiger charge is 2.14. The second-order valence-corrected chi connectivity index (χ2v) is 8.28. The van der Waals surface area contributed by atoms with Crippen LogP contribution in [-0.2, 0) is 4.79 Å². The molecule has 0 aromatic heterocycles. The minimum absolute atomic E-state index is 0.0176. The van der Waals surface area contributed by atoms with Gasteiger partial charge in [-0.15, -0.1) is 0 Å². The molecule has 0 atom stereocenters. The normalized spacial score (nSPS) is 10.4. The van der Waals surface area contributed by atoms with Crippen LogP contribution in [0.4, 0.5) is 11.4 Å². The zero-order chi connectivity index (χ0) is 25.6. The molecule has 3 aromatic rings. The van der Waals surface area contributed by atoms with Gasteiger partial charge in [-0.25, -0.2) is 0 Å². The van der Waals surface area contributed by atoms with Gasteiger partial charge in [0.1, 0.15) is 24.7 Å². The average Bonchev–Trinajstić information content (AvgIpc) is 2.91. The number of nitrogens with one attached hydrogen (secondary N) is 2. The van der Waals surface area contributed by atoms with Gasteiger partial charge in [-0.2, -0.15) is 0 Å². The van der Waals surface area contributed by atoms with Gasteiger partial charge in [0.05, 0.1) is 12.2 Å². The lowest BCUT2D eigenvalue weighted by atomic mass is 10.1. The average molecular weight is 490 g/mol. The molecule has 0 spiro atoms. The van der Waals surface area contributed by atoms with Crippen LogP contribution in [0.15, 0.2) is 78.9 Å². The summed E-state index contributed by atoms with van der Waals surface area (Å²) >= 11 is 0. The fourth-order valence-electron chi connectivity index (χ4n) is 3.68. The number of hydrogen-bond acceptors (Lipinski definition) is 5. The topological polar surface area (TPSA) is 79.9 Å². The molecule has 0 bridgehead atoms. The third kappa shape index (κ3) is 8.34. The maximum Gasteiger partial charge on any atom is 0.253 e. The molecule has 0 saturated carbocycles. The largest absolute Gasteiger partial charge is 0.490 e. The summed E-state index contributed by atoms with van der Waals surface area (Å²) in [7, 11) is 0. The first-order valence-electron chi connectivity index (χ1n) is 12.4. The minimum Gasteiger partial charge on any atom is -0.490 e. The highest BCUT2D eigenvalue weighted by atomic mass is 16.5. The molecule has 190 valence electrons. The van der Waals surface area contributed by atoms with Crippen molar-refractivity contribution in [1.82, 2.24) is 4.90 Å². The Morgan fingerprint density at radius 3 is 2.11 bits per heavy atom. The molecule has 0 aliphatic heterocycles. The van der Waals surface area contributed by atoms with Crippen LogP contribution < -0.4 is 20.1 Å². The molecule has 0 aliphatic carbocycles. The van der Waals surface area contributed by atoms with Gasteiger partial charge in [0.15, 0.2) is 0 Å². The number of anilines is 2. The number of benzene rings is 3. The van der Waals surface area contributed by atoms with Crippen molar-refractivity contribution in [2.75, 3.05) is 43.5 Å². The molecule has 2 N–H and O–H groups in total. The Kier molecular flexibility index (Phi) is 10.6. The summed E-state index contributed by atoms with van der Waals surface area (Å²) in [5.74, 6) is 1.26. The number of ether oxygens (including phenoxy) is 2. The number of para-hydroxylation sites is 3. The summed E-state index contributed by atoms with van der Waals surface area (Å²) in [6.07, 6.45) is 1.84. The molecular weight excluding hydrogens is 454 g/mol. The molecule has 0 unspecified atom stereocenters. The smallest absolute Gasteiger partial charge is 0.253 e. The summed E-state index contributed by atoms with van der Waals surface area (Å²) in [5, 5.41) is 5.99. The Morgan fingerprint density at radius 1 is 0.778 bits per heavy atom. The predicted octanol–water partition coefficient (Wildman–Crippen LogP) is 5.46. The maximum atomic E-state index is 12.7. The number of rotatable bonds is 14. The summed E-state index contributed by atoms with van der Waals surface area (Å²) in [4.78, 5) is 27.1. The Bertz CT molecular complexity index is 1080. The van der Waals surface area contributed by atoms with Crippen molar-refractivity contribution in [1.29, 1.82) is 0 Å². The standard InChI is InChI=1S/C29H35N3O4/c1-3-18-32(19-4-2)29(34)23-14-16-24(17-15-23)31-28(33)22-30-26-12-8-9-13-27(26)36-21-20-35-25-10-6-5-7-11-25/h5-17,30H,3-4,18-22H2,1-2H3,(H,31,33). The van der Waals surface area contributed by atoms with Gasteiger partial charge >= 0.3 is 0 Å². The summed E-state index contributed by atoms with van der Waals surface area (Å²) in [5.41, 5.74) is 1.98. The second kappa shape index (κ2) is 14.4. The fourth-order valence-corrected chi connectivity index (χ4v) is 3.68. The highest BCUT2D eigenvalue weighted by molar-refractivity contribution is 5.96. The van der Waals surface area contributed by atoms with E-state index in [0.29, 0.717) is 30.2 Å². The van der Waals surface area contributed by atoms with Crippen molar-refractivity contribution < 1.29 is 19.1 Å². The fraction of sp³-hybridized carbons (Fsp3) is 0.310. The summed E-state index contributed by atoms with van der Waals surface area (Å²) < 4.78 is 11.5. The number of carbonyl (C=O) groups excluding carboxylic acids is 2. The number of nitrogens with zero attached hydrogens (tertiary/aromatic N) is 1. The molecule has 36 heavy (non-hydrogen) atoms. The van der Waals surface area contributed by atoms with Crippen molar-refractivity contribution in [3.63, 3.8) is 0 Å². The van der Waals surface area contributed by atoms with Crippen LogP contribution in [0.5, 0.6) is 11.5 Å². The summed E-state index contributed by atoms with van der Waals surface area (Å²) in [6, 6.07) is 24.1. The van der Waals surface area contributed by atoms with Crippen molar-refractivity contribution in [3.05, 3.63) is 84.4 Å². The van der Waals surface area contributed by atoms with Crippen LogP contribution in [-0.4, -0.2) is 49.6 Å². The van der Waals surface area contributed by atoms with Gasteiger partial charge in [-0.05, 0) is 61.4 Å². The van der Waals surface area contributed by atoms with E-state index in [0.717, 1.165) is 37.4 Å². The molecule has 7 nitrogen and oxygen atoms in total. The third-order valence-electron chi connectivity index (χ3n) is 5.37. The molecule has 0 heterocycles. The first-order chi connectivity index (χ1) is 17.6. The van der Waals surface area contributed by atoms with Crippen LogP contribution in [0, 0.1) is 0 Å². The number of amides is 2. The van der Waals surface area contributed by atoms with E-state index in [9.17, 15) is 9.59 Å². The SMILES string of the molecule is CCCN(CCC)C(=O)c1ccc(NC(=O)CNc2ccccc2OCCOc2ccccc2)cc1. The Hall–Kier alpha value is -4.00. The summed E-state index contributed by atoms with van der Waals surface area (Å²) in [6.45, 7) is 6.46. The molecule has 0 radical (unpaired) electrons. The van der Waals surface area contributed by atoms with Gasteiger partial charge < -0.3 is 25.0 Å². The number of hydrogen-bond donors (Lipinski definition) is 2. The lowest BCUT2D eigenvalue weighted by Crippen LogP contribution is -2.32. The highest BCUT2D eigenvalue weighted by Crippen LogP contribution is 2.23. The van der Waals surface area contributed by atoms with E-state index in [4.69, 9.17) is 9.47 Å². The van der Waals surface area contributed by atoms with Crippen molar-refractivity contribution in [3.8, 4) is 11.5 Å². The van der Waals surface area contributed by atoms with E-state index in [-0.39, 0.29) is 18.4 Å². The lowest BCUT2D eigenvalue weighted by Gasteiger charge is -2.21. The molecule has 0 saturated heterocycles. The lowest BCUT2D eigenvalue weighted by molar-refractivity contribution is -0.114. The first kappa shape index (κ1) is 26.6. The molecule has 0 aliphatic rings. The third-order valence-corrected chi connectivity index (χ3v) is 5.37. The van der Waals surface area contributed by atoms with Gasteiger partial charge in [-0.1, -0.05) is 44.2 Å². The van der Waals surface area contributed by atoms with Crippen LogP contribution in [0.1, 0.15) is 37.0 Å². The van der Waals surface area contributed by atoms with Gasteiger partial charge in [0.2, 0.25) is 5.91 Å². The quantitative estimate of drug-likeness (QED) is 0.294. The van der Waals surface area contributed by atoms with E-state index >= 15 is 0 Å². The van der Waals surface area contributed by atoms with Crippen molar-refractivity contribution >= 4 is 23.2 Å². The van der Waals surface area contributed by atoms with E-state index in [2.05, 4.69) is 24.5 Å². The van der Waals surface area contributed by atoms with Crippen LogP contribution in [0.3, 0.4) is 0 Å². The van der Waals surface area contributed by atoms with Crippen molar-refractivity contribution in [2.45, 2.75) is 26.7 Å². The molecule has 2 amide bonds. The van der Waals surface area contributed by atoms with Crippen LogP contribution in [0.2, 0.25) is 0 Å². The van der Waals surface area contributed by atoms with E-state index < -0.39 is 0 Å². The Balaban J connectivity index is 1.47. The molecular formula is C29H35N3O4. The van der Waals surface area contributed by atoms with E-state index in [1.807, 2.05) is 59.5 Å². The molecule has 7 heteroatoms. The maximum absolute atomic E-state index is 12.7. The van der Waals surface area contributed by atoms with E-state index in [1.165, 1.54) is 0 Å².